The number of nitrogens with one attached hydrogen (secondary N) is 1. The van der Waals surface area contributed by atoms with Gasteiger partial charge in [0, 0.05) is 24.1 Å². The molecule has 1 saturated heterocycles. The van der Waals surface area contributed by atoms with Crippen LogP contribution in [0.2, 0.25) is 0 Å². The molecule has 3 heterocycles. The number of allylic oxidation sites excluding steroid dienone is 5. The van der Waals surface area contributed by atoms with E-state index < -0.39 is 0 Å². The van der Waals surface area contributed by atoms with E-state index in [1.165, 1.54) is 17.4 Å². The van der Waals surface area contributed by atoms with Gasteiger partial charge in [0.2, 0.25) is 0 Å². The predicted molar refractivity (Wildman–Crippen MR) is 116 cm³/mol. The van der Waals surface area contributed by atoms with Crippen LogP contribution < -0.4 is 5.32 Å². The summed E-state index contributed by atoms with van der Waals surface area (Å²) in [7, 11) is 0. The average Bonchev–Trinajstić information content (AvgIpc) is 3.38. The van der Waals surface area contributed by atoms with E-state index >= 15 is 0 Å². The van der Waals surface area contributed by atoms with Crippen LogP contribution in [-0.4, -0.2) is 35.6 Å². The number of nitrogens with zero attached hydrogens (tertiary/aromatic N) is 2. The van der Waals surface area contributed by atoms with Crippen molar-refractivity contribution in [2.45, 2.75) is 44.8 Å². The van der Waals surface area contributed by atoms with E-state index in [2.05, 4.69) is 40.3 Å². The molecule has 5 rings (SSSR count). The number of alkyl carbamates (subject to hydrolysis) is 1. The van der Waals surface area contributed by atoms with Crippen LogP contribution in [0.1, 0.15) is 49.6 Å². The molecule has 3 aliphatic rings. The Kier molecular flexibility index (Phi) is 5.41. The maximum atomic E-state index is 11.8. The first kappa shape index (κ1) is 19.1. The molecule has 6 heteroatoms. The lowest BCUT2D eigenvalue weighted by molar-refractivity contribution is -0.0367. The molecule has 30 heavy (non-hydrogen) atoms. The normalized spacial score (nSPS) is 24.3. The summed E-state index contributed by atoms with van der Waals surface area (Å²) in [5.41, 5.74) is 5.52. The van der Waals surface area contributed by atoms with Gasteiger partial charge in [-0.25, -0.2) is 9.48 Å². The SMILES string of the molecule is O=C1NCCCCc2ccc3c(c2)c(nn3C2CCCCO2)C2=C/C(=C\CO1)C=C2. The summed E-state index contributed by atoms with van der Waals surface area (Å²) in [4.78, 5) is 11.8. The lowest BCUT2D eigenvalue weighted by Crippen LogP contribution is -2.25. The highest BCUT2D eigenvalue weighted by atomic mass is 16.5. The number of cyclic esters (lactones) is 1. The number of hydrogen-bond acceptors (Lipinski definition) is 4. The van der Waals surface area contributed by atoms with Gasteiger partial charge in [-0.15, -0.1) is 0 Å². The molecule has 1 unspecified atom stereocenters. The van der Waals surface area contributed by atoms with Gasteiger partial charge < -0.3 is 14.8 Å². The van der Waals surface area contributed by atoms with Crippen molar-refractivity contribution >= 4 is 22.6 Å². The van der Waals surface area contributed by atoms with E-state index in [-0.39, 0.29) is 18.9 Å². The van der Waals surface area contributed by atoms with Crippen molar-refractivity contribution in [3.8, 4) is 0 Å². The summed E-state index contributed by atoms with van der Waals surface area (Å²) in [6.07, 6.45) is 14.0. The van der Waals surface area contributed by atoms with E-state index in [9.17, 15) is 4.79 Å². The van der Waals surface area contributed by atoms with Crippen molar-refractivity contribution in [2.75, 3.05) is 19.8 Å². The van der Waals surface area contributed by atoms with E-state index in [1.807, 2.05) is 12.2 Å². The first-order valence-electron chi connectivity index (χ1n) is 10.9. The van der Waals surface area contributed by atoms with Crippen molar-refractivity contribution in [2.24, 2.45) is 0 Å². The van der Waals surface area contributed by atoms with Crippen LogP contribution in [0.15, 0.2) is 48.1 Å². The van der Waals surface area contributed by atoms with Crippen molar-refractivity contribution in [1.82, 2.24) is 15.1 Å². The van der Waals surface area contributed by atoms with Gasteiger partial charge in [0.15, 0.2) is 6.23 Å². The Bertz CT molecular complexity index is 1040. The zero-order valence-electron chi connectivity index (χ0n) is 17.1. The van der Waals surface area contributed by atoms with Crippen LogP contribution in [0.3, 0.4) is 0 Å². The van der Waals surface area contributed by atoms with Crippen LogP contribution >= 0.6 is 0 Å². The Morgan fingerprint density at radius 2 is 2.10 bits per heavy atom. The first-order valence-corrected chi connectivity index (χ1v) is 10.9. The summed E-state index contributed by atoms with van der Waals surface area (Å²) in [6.45, 7) is 1.68. The number of aryl methyl sites for hydroxylation is 1. The number of carbonyl (C=O) groups is 1. The molecule has 0 saturated carbocycles. The number of rotatable bonds is 1. The maximum absolute atomic E-state index is 11.8. The van der Waals surface area contributed by atoms with Crippen LogP contribution in [0.5, 0.6) is 0 Å². The van der Waals surface area contributed by atoms with E-state index in [0.29, 0.717) is 6.54 Å². The van der Waals surface area contributed by atoms with E-state index in [1.54, 1.807) is 0 Å². The molecule has 6 nitrogen and oxygen atoms in total. The lowest BCUT2D eigenvalue weighted by atomic mass is 10.0. The van der Waals surface area contributed by atoms with Gasteiger partial charge in [0.1, 0.15) is 12.3 Å². The summed E-state index contributed by atoms with van der Waals surface area (Å²) in [5, 5.41) is 9.02. The topological polar surface area (TPSA) is 65.4 Å². The number of benzene rings is 1. The molecule has 0 spiro atoms. The molecular formula is C24H27N3O3. The molecule has 2 aromatic rings. The minimum absolute atomic E-state index is 0.00133. The second kappa shape index (κ2) is 8.48. The smallest absolute Gasteiger partial charge is 0.407 e. The fourth-order valence-corrected chi connectivity index (χ4v) is 4.34. The Hall–Kier alpha value is -2.86. The summed E-state index contributed by atoms with van der Waals surface area (Å²) >= 11 is 0. The molecule has 156 valence electrons. The summed E-state index contributed by atoms with van der Waals surface area (Å²) in [5.74, 6) is 0. The van der Waals surface area contributed by atoms with Crippen LogP contribution in [-0.2, 0) is 15.9 Å². The van der Waals surface area contributed by atoms with Crippen LogP contribution in [0.4, 0.5) is 4.79 Å². The third-order valence-electron chi connectivity index (χ3n) is 5.95. The number of fused-ring (bicyclic) bond motifs is 3. The van der Waals surface area contributed by atoms with Gasteiger partial charge in [0.25, 0.3) is 0 Å². The minimum atomic E-state index is -0.361. The van der Waals surface area contributed by atoms with Gasteiger partial charge in [-0.05, 0) is 73.9 Å². The molecule has 1 aliphatic carbocycles. The number of aromatic nitrogens is 2. The van der Waals surface area contributed by atoms with Gasteiger partial charge in [-0.1, -0.05) is 18.2 Å². The second-order valence-corrected chi connectivity index (χ2v) is 8.09. The second-order valence-electron chi connectivity index (χ2n) is 8.09. The average molecular weight is 405 g/mol. The summed E-state index contributed by atoms with van der Waals surface area (Å²) < 4.78 is 13.4. The molecule has 1 amide bonds. The Morgan fingerprint density at radius 3 is 3.00 bits per heavy atom. The Labute approximate surface area is 176 Å². The van der Waals surface area contributed by atoms with Gasteiger partial charge >= 0.3 is 6.09 Å². The van der Waals surface area contributed by atoms with Gasteiger partial charge in [0.05, 0.1) is 5.52 Å². The molecule has 4 bridgehead atoms. The number of carbonyl (C=O) groups excluding carboxylic acids is 1. The fourth-order valence-electron chi connectivity index (χ4n) is 4.34. The van der Waals surface area contributed by atoms with Crippen molar-refractivity contribution in [1.29, 1.82) is 0 Å². The Morgan fingerprint density at radius 1 is 1.13 bits per heavy atom. The minimum Gasteiger partial charge on any atom is -0.445 e. The standard InChI is InChI=1S/C24H27N3O3/c28-24-25-12-3-1-5-17-8-10-21-20(16-17)23(19-9-7-18(15-19)11-14-30-24)26-27(21)22-6-2-4-13-29-22/h7-11,15-16,22H,1-6,12-14H2,(H,25,28)/b18-11-. The molecule has 2 aliphatic heterocycles. The monoisotopic (exact) mass is 405 g/mol. The quantitative estimate of drug-likeness (QED) is 0.748. The van der Waals surface area contributed by atoms with Crippen LogP contribution in [0, 0.1) is 0 Å². The van der Waals surface area contributed by atoms with Crippen molar-refractivity contribution < 1.29 is 14.3 Å². The van der Waals surface area contributed by atoms with Crippen LogP contribution in [0.25, 0.3) is 16.5 Å². The molecule has 0 radical (unpaired) electrons. The number of hydrogen-bond donors (Lipinski definition) is 1. The molecule has 1 aromatic carbocycles. The first-order chi connectivity index (χ1) is 14.8. The highest BCUT2D eigenvalue weighted by Gasteiger charge is 2.23. The van der Waals surface area contributed by atoms with E-state index in [4.69, 9.17) is 14.6 Å². The zero-order valence-corrected chi connectivity index (χ0v) is 17.1. The molecule has 1 N–H and O–H groups in total. The third kappa shape index (κ3) is 3.92. The van der Waals surface area contributed by atoms with Gasteiger partial charge in [-0.2, -0.15) is 5.10 Å². The number of amides is 1. The fraction of sp³-hybridized carbons (Fsp3) is 0.417. The lowest BCUT2D eigenvalue weighted by Gasteiger charge is -2.23. The Balaban J connectivity index is 1.57. The molecule has 1 atom stereocenters. The highest BCUT2D eigenvalue weighted by molar-refractivity contribution is 5.95. The molecule has 1 aromatic heterocycles. The van der Waals surface area contributed by atoms with Gasteiger partial charge in [-0.3, -0.25) is 0 Å². The summed E-state index contributed by atoms with van der Waals surface area (Å²) in [6, 6.07) is 6.66. The molecular weight excluding hydrogens is 378 g/mol. The van der Waals surface area contributed by atoms with Crippen molar-refractivity contribution in [3.05, 3.63) is 59.3 Å². The molecule has 1 fully saturated rings. The number of ether oxygens (including phenoxy) is 2. The largest absolute Gasteiger partial charge is 0.445 e. The zero-order chi connectivity index (χ0) is 20.3. The third-order valence-corrected chi connectivity index (χ3v) is 5.95. The van der Waals surface area contributed by atoms with E-state index in [0.717, 1.165) is 61.1 Å². The maximum Gasteiger partial charge on any atom is 0.407 e. The highest BCUT2D eigenvalue weighted by Crippen LogP contribution is 2.34. The van der Waals surface area contributed by atoms with Crippen molar-refractivity contribution in [3.63, 3.8) is 0 Å². The predicted octanol–water partition coefficient (Wildman–Crippen LogP) is 4.68.